The van der Waals surface area contributed by atoms with Crippen LogP contribution in [0.25, 0.3) is 0 Å². The van der Waals surface area contributed by atoms with Crippen LogP contribution in [0.1, 0.15) is 48.0 Å². The molecule has 106 valence electrons. The van der Waals surface area contributed by atoms with Crippen molar-refractivity contribution in [3.05, 3.63) is 0 Å². The third kappa shape index (κ3) is 5.49. The topological polar surface area (TPSA) is 69.6 Å². The SMILES string of the molecule is CCC(C)(C)NC(=O)C(C)N(CC(=O)O)C(C)C. The Morgan fingerprint density at radius 1 is 1.28 bits per heavy atom. The maximum atomic E-state index is 12.1. The molecule has 0 aromatic carbocycles. The van der Waals surface area contributed by atoms with Crippen molar-refractivity contribution in [2.45, 2.75) is 65.6 Å². The fraction of sp³-hybridized carbons (Fsp3) is 0.846. The minimum Gasteiger partial charge on any atom is -0.480 e. The van der Waals surface area contributed by atoms with Crippen molar-refractivity contribution in [3.8, 4) is 0 Å². The van der Waals surface area contributed by atoms with Gasteiger partial charge in [0.15, 0.2) is 0 Å². The Morgan fingerprint density at radius 3 is 2.11 bits per heavy atom. The molecule has 1 unspecified atom stereocenters. The van der Waals surface area contributed by atoms with Gasteiger partial charge in [-0.3, -0.25) is 14.5 Å². The Balaban J connectivity index is 4.71. The van der Waals surface area contributed by atoms with Crippen LogP contribution in [0.5, 0.6) is 0 Å². The van der Waals surface area contributed by atoms with Gasteiger partial charge in [-0.1, -0.05) is 6.92 Å². The van der Waals surface area contributed by atoms with Crippen LogP contribution < -0.4 is 5.32 Å². The van der Waals surface area contributed by atoms with E-state index in [1.165, 1.54) is 0 Å². The molecule has 18 heavy (non-hydrogen) atoms. The lowest BCUT2D eigenvalue weighted by Gasteiger charge is -2.33. The number of hydrogen-bond donors (Lipinski definition) is 2. The van der Waals surface area contributed by atoms with E-state index in [1.807, 2.05) is 34.6 Å². The third-order valence-corrected chi connectivity index (χ3v) is 3.20. The molecular formula is C13H26N2O3. The maximum absolute atomic E-state index is 12.1. The maximum Gasteiger partial charge on any atom is 0.317 e. The number of rotatable bonds is 7. The highest BCUT2D eigenvalue weighted by atomic mass is 16.4. The first-order valence-electron chi connectivity index (χ1n) is 6.40. The lowest BCUT2D eigenvalue weighted by Crippen LogP contribution is -2.54. The molecule has 0 bridgehead atoms. The summed E-state index contributed by atoms with van der Waals surface area (Å²) >= 11 is 0. The number of carbonyl (C=O) groups excluding carboxylic acids is 1. The zero-order chi connectivity index (χ0) is 14.5. The quantitative estimate of drug-likeness (QED) is 0.725. The second kappa shape index (κ2) is 6.73. The molecule has 1 amide bonds. The van der Waals surface area contributed by atoms with Crippen LogP contribution in [-0.2, 0) is 9.59 Å². The van der Waals surface area contributed by atoms with Crippen LogP contribution >= 0.6 is 0 Å². The molecule has 0 rings (SSSR count). The van der Waals surface area contributed by atoms with E-state index in [2.05, 4.69) is 5.32 Å². The van der Waals surface area contributed by atoms with E-state index in [0.717, 1.165) is 6.42 Å². The second-order valence-corrected chi connectivity index (χ2v) is 5.56. The van der Waals surface area contributed by atoms with Crippen molar-refractivity contribution in [3.63, 3.8) is 0 Å². The van der Waals surface area contributed by atoms with Gasteiger partial charge in [-0.2, -0.15) is 0 Å². The molecule has 5 nitrogen and oxygen atoms in total. The number of carboxylic acids is 1. The minimum atomic E-state index is -0.918. The zero-order valence-corrected chi connectivity index (χ0v) is 12.3. The predicted octanol–water partition coefficient (Wildman–Crippen LogP) is 1.47. The molecule has 1 atom stereocenters. The van der Waals surface area contributed by atoms with Crippen LogP contribution in [0.2, 0.25) is 0 Å². The molecule has 0 aromatic rings. The molecule has 0 heterocycles. The van der Waals surface area contributed by atoms with Gasteiger partial charge in [0.2, 0.25) is 5.91 Å². The van der Waals surface area contributed by atoms with Crippen LogP contribution in [0.3, 0.4) is 0 Å². The number of nitrogens with zero attached hydrogens (tertiary/aromatic N) is 1. The first-order valence-corrected chi connectivity index (χ1v) is 6.40. The standard InChI is InChI=1S/C13H26N2O3/c1-7-13(5,6)14-12(18)10(4)15(9(2)3)8-11(16)17/h9-10H,7-8H2,1-6H3,(H,14,18)(H,16,17). The summed E-state index contributed by atoms with van der Waals surface area (Å²) in [7, 11) is 0. The molecular weight excluding hydrogens is 232 g/mol. The van der Waals surface area contributed by atoms with E-state index in [4.69, 9.17) is 5.11 Å². The van der Waals surface area contributed by atoms with E-state index >= 15 is 0 Å². The van der Waals surface area contributed by atoms with Crippen molar-refractivity contribution in [2.24, 2.45) is 0 Å². The van der Waals surface area contributed by atoms with Gasteiger partial charge in [0, 0.05) is 11.6 Å². The first kappa shape index (κ1) is 16.9. The molecule has 0 aromatic heterocycles. The number of carbonyl (C=O) groups is 2. The largest absolute Gasteiger partial charge is 0.480 e. The van der Waals surface area contributed by atoms with Crippen LogP contribution in [0.15, 0.2) is 0 Å². The van der Waals surface area contributed by atoms with Gasteiger partial charge < -0.3 is 10.4 Å². The fourth-order valence-electron chi connectivity index (χ4n) is 1.60. The van der Waals surface area contributed by atoms with Crippen LogP contribution in [0, 0.1) is 0 Å². The Labute approximate surface area is 110 Å². The molecule has 0 radical (unpaired) electrons. The average Bonchev–Trinajstić information content (AvgIpc) is 2.23. The van der Waals surface area contributed by atoms with Crippen LogP contribution in [0.4, 0.5) is 0 Å². The second-order valence-electron chi connectivity index (χ2n) is 5.56. The average molecular weight is 258 g/mol. The fourth-order valence-corrected chi connectivity index (χ4v) is 1.60. The van der Waals surface area contributed by atoms with Gasteiger partial charge in [-0.15, -0.1) is 0 Å². The van der Waals surface area contributed by atoms with Gasteiger partial charge >= 0.3 is 5.97 Å². The first-order chi connectivity index (χ1) is 8.10. The molecule has 0 aliphatic carbocycles. The zero-order valence-electron chi connectivity index (χ0n) is 12.3. The van der Waals surface area contributed by atoms with Gasteiger partial charge in [0.1, 0.15) is 0 Å². The molecule has 0 saturated heterocycles. The van der Waals surface area contributed by atoms with E-state index in [-0.39, 0.29) is 24.0 Å². The van der Waals surface area contributed by atoms with E-state index in [0.29, 0.717) is 0 Å². The Kier molecular flexibility index (Phi) is 6.32. The summed E-state index contributed by atoms with van der Waals surface area (Å²) in [6.07, 6.45) is 0.825. The molecule has 5 heteroatoms. The monoisotopic (exact) mass is 258 g/mol. The van der Waals surface area contributed by atoms with Crippen molar-refractivity contribution in [2.75, 3.05) is 6.54 Å². The highest BCUT2D eigenvalue weighted by Crippen LogP contribution is 2.10. The van der Waals surface area contributed by atoms with Crippen molar-refractivity contribution in [1.82, 2.24) is 10.2 Å². The van der Waals surface area contributed by atoms with Crippen molar-refractivity contribution in [1.29, 1.82) is 0 Å². The molecule has 0 aliphatic rings. The highest BCUT2D eigenvalue weighted by molar-refractivity contribution is 5.82. The third-order valence-electron chi connectivity index (χ3n) is 3.20. The summed E-state index contributed by atoms with van der Waals surface area (Å²) < 4.78 is 0. The number of nitrogens with one attached hydrogen (secondary N) is 1. The number of aliphatic carboxylic acids is 1. The van der Waals surface area contributed by atoms with Gasteiger partial charge in [-0.05, 0) is 41.0 Å². The predicted molar refractivity (Wildman–Crippen MR) is 71.5 cm³/mol. The van der Waals surface area contributed by atoms with E-state index < -0.39 is 12.0 Å². The Hall–Kier alpha value is -1.10. The Bertz CT molecular complexity index is 301. The number of carboxylic acid groups (broad SMARTS) is 1. The summed E-state index contributed by atoms with van der Waals surface area (Å²) in [5, 5.41) is 11.8. The summed E-state index contributed by atoms with van der Waals surface area (Å²) in [6, 6.07) is -0.446. The molecule has 2 N–H and O–H groups in total. The lowest BCUT2D eigenvalue weighted by molar-refractivity contribution is -0.140. The molecule has 0 spiro atoms. The van der Waals surface area contributed by atoms with Crippen molar-refractivity contribution >= 4 is 11.9 Å². The summed E-state index contributed by atoms with van der Waals surface area (Å²) in [6.45, 7) is 11.3. The van der Waals surface area contributed by atoms with Gasteiger partial charge in [0.05, 0.1) is 12.6 Å². The molecule has 0 fully saturated rings. The normalized spacial score (nSPS) is 13.8. The smallest absolute Gasteiger partial charge is 0.317 e. The lowest BCUT2D eigenvalue weighted by atomic mass is 10.0. The minimum absolute atomic E-state index is 0.00610. The number of hydrogen-bond acceptors (Lipinski definition) is 3. The summed E-state index contributed by atoms with van der Waals surface area (Å²) in [5.41, 5.74) is -0.267. The summed E-state index contributed by atoms with van der Waals surface area (Å²) in [5.74, 6) is -1.05. The van der Waals surface area contributed by atoms with Crippen molar-refractivity contribution < 1.29 is 14.7 Å². The van der Waals surface area contributed by atoms with Crippen LogP contribution in [-0.4, -0.2) is 46.1 Å². The Morgan fingerprint density at radius 2 is 1.78 bits per heavy atom. The molecule has 0 aliphatic heterocycles. The molecule has 0 saturated carbocycles. The van der Waals surface area contributed by atoms with E-state index in [9.17, 15) is 9.59 Å². The van der Waals surface area contributed by atoms with Gasteiger partial charge in [-0.25, -0.2) is 0 Å². The van der Waals surface area contributed by atoms with E-state index in [1.54, 1.807) is 11.8 Å². The number of amides is 1. The summed E-state index contributed by atoms with van der Waals surface area (Å²) in [4.78, 5) is 24.6. The van der Waals surface area contributed by atoms with Gasteiger partial charge in [0.25, 0.3) is 0 Å². The highest BCUT2D eigenvalue weighted by Gasteiger charge is 2.28.